The molecule has 39 heavy (non-hydrogen) atoms. The number of para-hydroxylation sites is 1. The van der Waals surface area contributed by atoms with E-state index in [0.29, 0.717) is 30.0 Å². The Morgan fingerprint density at radius 1 is 0.897 bits per heavy atom. The molecule has 0 bridgehead atoms. The van der Waals surface area contributed by atoms with Crippen LogP contribution in [0.3, 0.4) is 0 Å². The van der Waals surface area contributed by atoms with E-state index in [9.17, 15) is 14.4 Å². The van der Waals surface area contributed by atoms with Crippen molar-refractivity contribution in [3.8, 4) is 5.75 Å². The number of aryl methyl sites for hydroxylation is 3. The third-order valence-corrected chi connectivity index (χ3v) is 7.39. The fraction of sp³-hybridized carbons (Fsp3) is 0.250. The van der Waals surface area contributed by atoms with Crippen LogP contribution in [0, 0.1) is 27.7 Å². The maximum Gasteiger partial charge on any atom is 0.262 e. The standard InChI is InChI=1S/C32H31N3O4/c1-6-34(29(36)17-35-31(37)24-10-7-8-11-25(24)32(35)38)27-15-14-19(2)26(22(27)5)18-39-28-13-9-12-23-20(3)16-21(4)33-30(23)28/h7-16H,6,17-18H2,1-5H3. The van der Waals surface area contributed by atoms with Gasteiger partial charge in [-0.15, -0.1) is 0 Å². The van der Waals surface area contributed by atoms with Gasteiger partial charge in [-0.2, -0.15) is 0 Å². The number of ether oxygens (including phenoxy) is 1. The van der Waals surface area contributed by atoms with Crippen molar-refractivity contribution in [3.05, 3.63) is 99.7 Å². The summed E-state index contributed by atoms with van der Waals surface area (Å²) in [7, 11) is 0. The zero-order chi connectivity index (χ0) is 27.8. The first kappa shape index (κ1) is 26.1. The highest BCUT2D eigenvalue weighted by atomic mass is 16.5. The second-order valence-electron chi connectivity index (χ2n) is 9.91. The number of rotatable bonds is 7. The lowest BCUT2D eigenvalue weighted by Gasteiger charge is -2.27. The van der Waals surface area contributed by atoms with Gasteiger partial charge < -0.3 is 9.64 Å². The van der Waals surface area contributed by atoms with Gasteiger partial charge >= 0.3 is 0 Å². The van der Waals surface area contributed by atoms with Crippen LogP contribution >= 0.6 is 0 Å². The Bertz CT molecular complexity index is 1610. The van der Waals surface area contributed by atoms with Crippen LogP contribution in [-0.2, 0) is 11.4 Å². The van der Waals surface area contributed by atoms with Crippen molar-refractivity contribution in [1.29, 1.82) is 0 Å². The Morgan fingerprint density at radius 2 is 1.59 bits per heavy atom. The fourth-order valence-electron chi connectivity index (χ4n) is 5.30. The molecule has 5 rings (SSSR count). The van der Waals surface area contributed by atoms with Gasteiger partial charge in [0.15, 0.2) is 0 Å². The van der Waals surface area contributed by atoms with E-state index in [-0.39, 0.29) is 12.5 Å². The maximum absolute atomic E-state index is 13.5. The predicted molar refractivity (Wildman–Crippen MR) is 151 cm³/mol. The molecule has 0 aliphatic carbocycles. The van der Waals surface area contributed by atoms with Crippen LogP contribution in [0.5, 0.6) is 5.75 Å². The highest BCUT2D eigenvalue weighted by molar-refractivity contribution is 6.22. The predicted octanol–water partition coefficient (Wildman–Crippen LogP) is 5.70. The molecule has 7 nitrogen and oxygen atoms in total. The number of fused-ring (bicyclic) bond motifs is 2. The van der Waals surface area contributed by atoms with Crippen LogP contribution in [0.15, 0.2) is 60.7 Å². The topological polar surface area (TPSA) is 79.8 Å². The van der Waals surface area contributed by atoms with Gasteiger partial charge in [-0.25, -0.2) is 4.98 Å². The van der Waals surface area contributed by atoms with E-state index < -0.39 is 11.8 Å². The number of hydrogen-bond acceptors (Lipinski definition) is 5. The molecular formula is C32H31N3O4. The van der Waals surface area contributed by atoms with Crippen molar-refractivity contribution in [2.75, 3.05) is 18.0 Å². The van der Waals surface area contributed by atoms with E-state index in [1.165, 1.54) is 0 Å². The highest BCUT2D eigenvalue weighted by Crippen LogP contribution is 2.31. The molecule has 0 unspecified atom stereocenters. The van der Waals surface area contributed by atoms with Gasteiger partial charge in [-0.3, -0.25) is 19.3 Å². The van der Waals surface area contributed by atoms with E-state index >= 15 is 0 Å². The molecule has 0 radical (unpaired) electrons. The Labute approximate surface area is 228 Å². The van der Waals surface area contributed by atoms with E-state index in [1.807, 2.05) is 58.0 Å². The summed E-state index contributed by atoms with van der Waals surface area (Å²) in [6.45, 7) is 10.3. The first-order chi connectivity index (χ1) is 18.7. The van der Waals surface area contributed by atoms with Crippen LogP contribution in [0.2, 0.25) is 0 Å². The number of anilines is 1. The number of likely N-dealkylation sites (N-methyl/N-ethyl adjacent to an activating group) is 1. The van der Waals surface area contributed by atoms with Gasteiger partial charge in [-0.1, -0.05) is 30.3 Å². The maximum atomic E-state index is 13.5. The number of hydrogen-bond donors (Lipinski definition) is 0. The van der Waals surface area contributed by atoms with Crippen molar-refractivity contribution < 1.29 is 19.1 Å². The zero-order valence-corrected chi connectivity index (χ0v) is 22.9. The average molecular weight is 522 g/mol. The number of carbonyl (C=O) groups is 3. The van der Waals surface area contributed by atoms with Gasteiger partial charge in [-0.05, 0) is 87.2 Å². The van der Waals surface area contributed by atoms with E-state index in [0.717, 1.165) is 49.4 Å². The van der Waals surface area contributed by atoms with Gasteiger partial charge in [0.25, 0.3) is 11.8 Å². The minimum atomic E-state index is -0.441. The van der Waals surface area contributed by atoms with Crippen molar-refractivity contribution in [1.82, 2.24) is 9.88 Å². The molecule has 0 atom stereocenters. The summed E-state index contributed by atoms with van der Waals surface area (Å²) in [4.78, 5) is 46.5. The summed E-state index contributed by atoms with van der Waals surface area (Å²) in [6, 6.07) is 18.5. The lowest BCUT2D eigenvalue weighted by atomic mass is 10.0. The van der Waals surface area contributed by atoms with Crippen molar-refractivity contribution >= 4 is 34.3 Å². The normalized spacial score (nSPS) is 12.7. The fourth-order valence-corrected chi connectivity index (χ4v) is 5.30. The summed E-state index contributed by atoms with van der Waals surface area (Å²) in [5.74, 6) is -0.500. The van der Waals surface area contributed by atoms with Gasteiger partial charge in [0.1, 0.15) is 24.4 Å². The molecule has 198 valence electrons. The second kappa shape index (κ2) is 10.3. The quantitative estimate of drug-likeness (QED) is 0.292. The number of amides is 3. The molecule has 3 amide bonds. The number of carbonyl (C=O) groups excluding carboxylic acids is 3. The minimum Gasteiger partial charge on any atom is -0.487 e. The molecule has 1 aliphatic rings. The van der Waals surface area contributed by atoms with Crippen LogP contribution < -0.4 is 9.64 Å². The SMILES string of the molecule is CCN(C(=O)CN1C(=O)c2ccccc2C1=O)c1ccc(C)c(COc2cccc3c(C)cc(C)nc23)c1C. The molecule has 1 aromatic heterocycles. The Balaban J connectivity index is 1.40. The van der Waals surface area contributed by atoms with Gasteiger partial charge in [0.2, 0.25) is 5.91 Å². The number of nitrogens with zero attached hydrogens (tertiary/aromatic N) is 3. The van der Waals surface area contributed by atoms with E-state index in [4.69, 9.17) is 9.72 Å². The summed E-state index contributed by atoms with van der Waals surface area (Å²) >= 11 is 0. The summed E-state index contributed by atoms with van der Waals surface area (Å²) in [6.07, 6.45) is 0. The molecule has 7 heteroatoms. The monoisotopic (exact) mass is 521 g/mol. The minimum absolute atomic E-state index is 0.309. The Morgan fingerprint density at radius 3 is 2.26 bits per heavy atom. The zero-order valence-electron chi connectivity index (χ0n) is 22.9. The van der Waals surface area contributed by atoms with Crippen LogP contribution in [0.25, 0.3) is 10.9 Å². The third-order valence-electron chi connectivity index (χ3n) is 7.39. The highest BCUT2D eigenvalue weighted by Gasteiger charge is 2.37. The summed E-state index contributed by atoms with van der Waals surface area (Å²) in [5, 5.41) is 1.05. The van der Waals surface area contributed by atoms with Crippen LogP contribution in [0.1, 0.15) is 55.6 Å². The molecule has 0 saturated carbocycles. The number of imide groups is 1. The molecule has 0 fully saturated rings. The molecule has 1 aliphatic heterocycles. The largest absolute Gasteiger partial charge is 0.487 e. The van der Waals surface area contributed by atoms with Crippen molar-refractivity contribution in [2.24, 2.45) is 0 Å². The molecular weight excluding hydrogens is 490 g/mol. The van der Waals surface area contributed by atoms with Crippen molar-refractivity contribution in [2.45, 2.75) is 41.2 Å². The third kappa shape index (κ3) is 4.65. The first-order valence-electron chi connectivity index (χ1n) is 13.1. The van der Waals surface area contributed by atoms with Crippen LogP contribution in [0.4, 0.5) is 5.69 Å². The number of aromatic nitrogens is 1. The Kier molecular flexibility index (Phi) is 6.91. The van der Waals surface area contributed by atoms with Crippen molar-refractivity contribution in [3.63, 3.8) is 0 Å². The van der Waals surface area contributed by atoms with Gasteiger partial charge in [0.05, 0.1) is 11.1 Å². The molecule has 3 aromatic carbocycles. The average Bonchev–Trinajstić information content (AvgIpc) is 3.15. The van der Waals surface area contributed by atoms with E-state index in [2.05, 4.69) is 13.0 Å². The van der Waals surface area contributed by atoms with Crippen LogP contribution in [-0.4, -0.2) is 40.7 Å². The summed E-state index contributed by atoms with van der Waals surface area (Å²) < 4.78 is 6.31. The molecule has 0 spiro atoms. The Hall–Kier alpha value is -4.52. The molecule has 0 saturated heterocycles. The lowest BCUT2D eigenvalue weighted by molar-refractivity contribution is -0.118. The molecule has 4 aromatic rings. The number of benzene rings is 3. The summed E-state index contributed by atoms with van der Waals surface area (Å²) in [5.41, 5.74) is 7.22. The smallest absolute Gasteiger partial charge is 0.262 e. The van der Waals surface area contributed by atoms with E-state index in [1.54, 1.807) is 29.2 Å². The molecule has 2 heterocycles. The molecule has 0 N–H and O–H groups in total. The second-order valence-corrected chi connectivity index (χ2v) is 9.91. The lowest BCUT2D eigenvalue weighted by Crippen LogP contribution is -2.43. The number of pyridine rings is 1. The van der Waals surface area contributed by atoms with Gasteiger partial charge in [0, 0.05) is 23.3 Å². The first-order valence-corrected chi connectivity index (χ1v) is 13.1.